The van der Waals surface area contributed by atoms with Gasteiger partial charge in [-0.15, -0.1) is 0 Å². The van der Waals surface area contributed by atoms with Crippen molar-refractivity contribution in [3.8, 4) is 0 Å². The van der Waals surface area contributed by atoms with E-state index in [0.717, 1.165) is 11.1 Å². The summed E-state index contributed by atoms with van der Waals surface area (Å²) in [6.45, 7) is 11.0. The van der Waals surface area contributed by atoms with Gasteiger partial charge in [-0.25, -0.2) is 0 Å². The van der Waals surface area contributed by atoms with Crippen LogP contribution in [0.2, 0.25) is 0 Å². The van der Waals surface area contributed by atoms with Crippen molar-refractivity contribution in [3.63, 3.8) is 0 Å². The van der Waals surface area contributed by atoms with E-state index in [9.17, 15) is 19.5 Å². The molecular formula is C30H37NO5. The summed E-state index contributed by atoms with van der Waals surface area (Å²) in [6, 6.07) is 9.82. The lowest BCUT2D eigenvalue weighted by atomic mass is 9.52. The SMILES string of the molecule is C=C1CC2/C=C/C[C@H](C)C(=O)[C@](C)(O)/C=C/[C@@H](OC(C)=O)C23C(=O)N[C@@H](Cc2ccccc2)[C@@H]3[C@@H]1C. The molecule has 1 aromatic carbocycles. The third-order valence-corrected chi connectivity index (χ3v) is 8.44. The molecule has 36 heavy (non-hydrogen) atoms. The van der Waals surface area contributed by atoms with Gasteiger partial charge >= 0.3 is 5.97 Å². The summed E-state index contributed by atoms with van der Waals surface area (Å²) in [5.41, 5.74) is -0.698. The van der Waals surface area contributed by atoms with Crippen LogP contribution in [0.25, 0.3) is 0 Å². The lowest BCUT2D eigenvalue weighted by Crippen LogP contribution is -2.56. The van der Waals surface area contributed by atoms with E-state index >= 15 is 0 Å². The molecule has 1 spiro atoms. The Kier molecular flexibility index (Phi) is 7.11. The highest BCUT2D eigenvalue weighted by Gasteiger charge is 2.66. The van der Waals surface area contributed by atoms with Crippen molar-refractivity contribution in [1.29, 1.82) is 0 Å². The zero-order valence-electron chi connectivity index (χ0n) is 21.6. The van der Waals surface area contributed by atoms with Crippen LogP contribution in [0.1, 0.15) is 46.1 Å². The summed E-state index contributed by atoms with van der Waals surface area (Å²) in [6.07, 6.45) is 7.59. The Hall–Kier alpha value is -2.99. The van der Waals surface area contributed by atoms with Gasteiger partial charge in [-0.3, -0.25) is 14.4 Å². The van der Waals surface area contributed by atoms with Crippen molar-refractivity contribution in [2.24, 2.45) is 29.1 Å². The number of aliphatic hydroxyl groups is 1. The minimum Gasteiger partial charge on any atom is -0.457 e. The number of amides is 1. The monoisotopic (exact) mass is 491 g/mol. The van der Waals surface area contributed by atoms with Crippen LogP contribution in [0.5, 0.6) is 0 Å². The summed E-state index contributed by atoms with van der Waals surface area (Å²) in [5, 5.41) is 14.3. The molecule has 8 atom stereocenters. The second kappa shape index (κ2) is 9.81. The molecule has 2 N–H and O–H groups in total. The molecule has 1 saturated carbocycles. The Bertz CT molecular complexity index is 1100. The Labute approximate surface area is 213 Å². The molecule has 0 aromatic heterocycles. The van der Waals surface area contributed by atoms with Crippen LogP contribution in [0.4, 0.5) is 0 Å². The first-order valence-corrected chi connectivity index (χ1v) is 12.8. The van der Waals surface area contributed by atoms with Crippen molar-refractivity contribution in [1.82, 2.24) is 5.32 Å². The minimum absolute atomic E-state index is 0.0139. The summed E-state index contributed by atoms with van der Waals surface area (Å²) in [7, 11) is 0. The average molecular weight is 492 g/mol. The summed E-state index contributed by atoms with van der Waals surface area (Å²) < 4.78 is 5.87. The summed E-state index contributed by atoms with van der Waals surface area (Å²) in [5.74, 6) is -1.94. The lowest BCUT2D eigenvalue weighted by molar-refractivity contribution is -0.161. The predicted octanol–water partition coefficient (Wildman–Crippen LogP) is 3.95. The molecule has 0 radical (unpaired) electrons. The fourth-order valence-electron chi connectivity index (χ4n) is 6.62. The van der Waals surface area contributed by atoms with Crippen molar-refractivity contribution in [3.05, 3.63) is 72.4 Å². The first kappa shape index (κ1) is 26.1. The van der Waals surface area contributed by atoms with Crippen LogP contribution in [0.15, 0.2) is 66.8 Å². The maximum absolute atomic E-state index is 14.1. The first-order chi connectivity index (χ1) is 17.0. The number of carbonyl (C=O) groups excluding carboxylic acids is 3. The van der Waals surface area contributed by atoms with Crippen LogP contribution in [-0.2, 0) is 25.5 Å². The van der Waals surface area contributed by atoms with Crippen LogP contribution < -0.4 is 5.32 Å². The highest BCUT2D eigenvalue weighted by molar-refractivity contribution is 5.91. The molecule has 3 aliphatic rings. The van der Waals surface area contributed by atoms with Gasteiger partial charge in [0.15, 0.2) is 5.78 Å². The molecule has 2 unspecified atom stereocenters. The molecule has 6 nitrogen and oxygen atoms in total. The number of nitrogens with one attached hydrogen (secondary N) is 1. The van der Waals surface area contributed by atoms with Gasteiger partial charge < -0.3 is 15.2 Å². The van der Waals surface area contributed by atoms with E-state index < -0.39 is 29.0 Å². The predicted molar refractivity (Wildman–Crippen MR) is 138 cm³/mol. The van der Waals surface area contributed by atoms with Crippen LogP contribution in [0.3, 0.4) is 0 Å². The number of allylic oxidation sites excluding steroid dienone is 3. The van der Waals surface area contributed by atoms with Gasteiger partial charge in [-0.05, 0) is 55.7 Å². The molecule has 1 aliphatic heterocycles. The minimum atomic E-state index is -1.75. The third-order valence-electron chi connectivity index (χ3n) is 8.44. The number of ketones is 1. The van der Waals surface area contributed by atoms with Gasteiger partial charge in [-0.2, -0.15) is 0 Å². The van der Waals surface area contributed by atoms with Gasteiger partial charge in [0.05, 0.1) is 0 Å². The number of hydrogen-bond donors (Lipinski definition) is 2. The lowest BCUT2D eigenvalue weighted by Gasteiger charge is -2.50. The number of esters is 1. The molecule has 1 aromatic rings. The molecule has 6 heteroatoms. The zero-order valence-corrected chi connectivity index (χ0v) is 21.6. The molecule has 1 amide bonds. The van der Waals surface area contributed by atoms with Crippen molar-refractivity contribution in [2.45, 2.75) is 64.7 Å². The van der Waals surface area contributed by atoms with Crippen LogP contribution >= 0.6 is 0 Å². The molecule has 192 valence electrons. The fourth-order valence-corrected chi connectivity index (χ4v) is 6.62. The van der Waals surface area contributed by atoms with Gasteiger partial charge in [0, 0.05) is 24.8 Å². The smallest absolute Gasteiger partial charge is 0.303 e. The topological polar surface area (TPSA) is 92.7 Å². The second-order valence-corrected chi connectivity index (χ2v) is 11.0. The van der Waals surface area contributed by atoms with E-state index in [0.29, 0.717) is 19.3 Å². The quantitative estimate of drug-likeness (QED) is 0.494. The van der Waals surface area contributed by atoms with E-state index in [1.165, 1.54) is 19.9 Å². The van der Waals surface area contributed by atoms with E-state index in [-0.39, 0.29) is 35.5 Å². The summed E-state index contributed by atoms with van der Waals surface area (Å²) in [4.78, 5) is 39.4. The number of hydrogen-bond acceptors (Lipinski definition) is 5. The highest BCUT2D eigenvalue weighted by atomic mass is 16.5. The van der Waals surface area contributed by atoms with Gasteiger partial charge in [0.25, 0.3) is 0 Å². The first-order valence-electron chi connectivity index (χ1n) is 12.8. The van der Waals surface area contributed by atoms with Gasteiger partial charge in [0.2, 0.25) is 5.91 Å². The number of rotatable bonds is 3. The summed E-state index contributed by atoms with van der Waals surface area (Å²) >= 11 is 0. The number of ether oxygens (including phenoxy) is 1. The maximum atomic E-state index is 14.1. The maximum Gasteiger partial charge on any atom is 0.303 e. The van der Waals surface area contributed by atoms with Crippen molar-refractivity contribution < 1.29 is 24.2 Å². The Balaban J connectivity index is 1.91. The molecule has 1 saturated heterocycles. The number of Topliss-reactive ketones (excluding diaryl/α,β-unsaturated/α-hetero) is 1. The van der Waals surface area contributed by atoms with Crippen molar-refractivity contribution in [2.75, 3.05) is 0 Å². The zero-order chi connectivity index (χ0) is 26.3. The second-order valence-electron chi connectivity index (χ2n) is 11.0. The standard InChI is InChI=1S/C30H37NO5/c1-18-10-9-13-23-16-19(2)20(3)26-24(17-22-11-7-6-8-12-22)31-28(34)30(23,26)25(36-21(4)32)14-15-29(5,35)27(18)33/h6-9,11-15,18,20,23-26,35H,2,10,16-17H2,1,3-5H3,(H,31,34)/b13-9+,15-14+/t18-,20+,23?,24-,25+,26-,29+,30?/m0/s1. The highest BCUT2D eigenvalue weighted by Crippen LogP contribution is 2.58. The Morgan fingerprint density at radius 3 is 2.56 bits per heavy atom. The number of carbonyl (C=O) groups is 3. The van der Waals surface area contributed by atoms with Gasteiger partial charge in [-0.1, -0.05) is 68.5 Å². The van der Waals surface area contributed by atoms with Crippen molar-refractivity contribution >= 4 is 17.7 Å². The third kappa shape index (κ3) is 4.47. The molecule has 4 rings (SSSR count). The molecular weight excluding hydrogens is 454 g/mol. The van der Waals surface area contributed by atoms with E-state index in [1.54, 1.807) is 13.0 Å². The Morgan fingerprint density at radius 1 is 1.19 bits per heavy atom. The van der Waals surface area contributed by atoms with Crippen LogP contribution in [-0.4, -0.2) is 40.5 Å². The normalized spacial score (nSPS) is 40.3. The molecule has 2 aliphatic carbocycles. The largest absolute Gasteiger partial charge is 0.457 e. The average Bonchev–Trinajstić information content (AvgIpc) is 3.11. The molecule has 1 heterocycles. The fraction of sp³-hybridized carbons (Fsp3) is 0.500. The van der Waals surface area contributed by atoms with E-state index in [4.69, 9.17) is 4.74 Å². The molecule has 0 bridgehead atoms. The van der Waals surface area contributed by atoms with E-state index in [1.807, 2.05) is 42.5 Å². The van der Waals surface area contributed by atoms with Gasteiger partial charge in [0.1, 0.15) is 17.1 Å². The number of benzene rings is 1. The Morgan fingerprint density at radius 2 is 1.89 bits per heavy atom. The molecule has 2 fully saturated rings. The van der Waals surface area contributed by atoms with Crippen LogP contribution in [0, 0.1) is 29.1 Å². The van der Waals surface area contributed by atoms with E-state index in [2.05, 4.69) is 18.8 Å².